The van der Waals surface area contributed by atoms with E-state index >= 15 is 0 Å². The summed E-state index contributed by atoms with van der Waals surface area (Å²) in [5.74, 6) is -5.21. The first-order valence-corrected chi connectivity index (χ1v) is 8.44. The Kier molecular flexibility index (Phi) is 3.86. The van der Waals surface area contributed by atoms with E-state index in [4.69, 9.17) is 0 Å². The van der Waals surface area contributed by atoms with Crippen LogP contribution in [0, 0.1) is 17.6 Å². The first-order valence-electron chi connectivity index (χ1n) is 8.44. The third-order valence-electron chi connectivity index (χ3n) is 5.49. The fourth-order valence-electron chi connectivity index (χ4n) is 4.16. The summed E-state index contributed by atoms with van der Waals surface area (Å²) < 4.78 is 59.8. The Morgan fingerprint density at radius 2 is 1.80 bits per heavy atom. The van der Waals surface area contributed by atoms with E-state index in [0.29, 0.717) is 18.5 Å². The summed E-state index contributed by atoms with van der Waals surface area (Å²) in [6, 6.07) is 1.01. The van der Waals surface area contributed by atoms with Gasteiger partial charge in [0.05, 0.1) is 30.4 Å². The van der Waals surface area contributed by atoms with Crippen molar-refractivity contribution >= 4 is 0 Å². The molecular weight excluding hydrogens is 336 g/mol. The summed E-state index contributed by atoms with van der Waals surface area (Å²) in [7, 11) is 0. The number of fused-ring (bicyclic) bond motifs is 3. The Morgan fingerprint density at radius 3 is 2.52 bits per heavy atom. The number of benzene rings is 1. The second-order valence-electron chi connectivity index (χ2n) is 6.99. The van der Waals surface area contributed by atoms with Crippen molar-refractivity contribution in [3.63, 3.8) is 0 Å². The first-order chi connectivity index (χ1) is 11.9. The van der Waals surface area contributed by atoms with Gasteiger partial charge in [0, 0.05) is 23.5 Å². The molecule has 1 N–H and O–H groups in total. The number of rotatable bonds is 3. The van der Waals surface area contributed by atoms with E-state index in [9.17, 15) is 22.7 Å². The van der Waals surface area contributed by atoms with Gasteiger partial charge in [0.1, 0.15) is 11.6 Å². The first kappa shape index (κ1) is 16.6. The van der Waals surface area contributed by atoms with Crippen LogP contribution < -0.4 is 0 Å². The minimum atomic E-state index is -3.04. The van der Waals surface area contributed by atoms with Crippen molar-refractivity contribution in [3.8, 4) is 11.3 Å². The molecular formula is C18H18F4N2O. The Morgan fingerprint density at radius 1 is 1.12 bits per heavy atom. The highest BCUT2D eigenvalue weighted by Gasteiger charge is 2.46. The Bertz CT molecular complexity index is 796. The average Bonchev–Trinajstić information content (AvgIpc) is 3.14. The molecule has 1 unspecified atom stereocenters. The summed E-state index contributed by atoms with van der Waals surface area (Å²) in [6.07, 6.45) is 2.75. The van der Waals surface area contributed by atoms with Crippen LogP contribution in [-0.4, -0.2) is 26.7 Å². The monoisotopic (exact) mass is 354 g/mol. The zero-order valence-corrected chi connectivity index (χ0v) is 13.4. The molecule has 7 heteroatoms. The molecule has 1 atom stereocenters. The lowest BCUT2D eigenvalue weighted by Crippen LogP contribution is -2.35. The number of nitrogens with zero attached hydrogens (tertiary/aromatic N) is 2. The smallest absolute Gasteiger partial charge is 0.253 e. The molecule has 1 aliphatic carbocycles. The highest BCUT2D eigenvalue weighted by atomic mass is 19.3. The van der Waals surface area contributed by atoms with Gasteiger partial charge in [0.25, 0.3) is 5.92 Å². The van der Waals surface area contributed by atoms with E-state index in [1.54, 1.807) is 0 Å². The third-order valence-corrected chi connectivity index (χ3v) is 5.49. The molecule has 0 bridgehead atoms. The van der Waals surface area contributed by atoms with E-state index in [-0.39, 0.29) is 24.0 Å². The Hall–Kier alpha value is -1.89. The van der Waals surface area contributed by atoms with Crippen molar-refractivity contribution in [2.45, 2.75) is 50.2 Å². The minimum Gasteiger partial charge on any atom is -0.393 e. The molecule has 2 aromatic rings. The molecule has 1 saturated carbocycles. The summed E-state index contributed by atoms with van der Waals surface area (Å²) >= 11 is 0. The molecule has 0 amide bonds. The number of alkyl halides is 2. The highest BCUT2D eigenvalue weighted by Crippen LogP contribution is 2.49. The number of hydrogen-bond donors (Lipinski definition) is 1. The molecule has 1 aromatic heterocycles. The van der Waals surface area contributed by atoms with E-state index in [0.717, 1.165) is 12.1 Å². The molecule has 1 aromatic carbocycles. The molecule has 2 heterocycles. The van der Waals surface area contributed by atoms with Gasteiger partial charge in [-0.1, -0.05) is 0 Å². The van der Waals surface area contributed by atoms with Gasteiger partial charge in [-0.15, -0.1) is 0 Å². The Balaban J connectivity index is 1.69. The quantitative estimate of drug-likeness (QED) is 0.834. The van der Waals surface area contributed by atoms with Gasteiger partial charge in [-0.3, -0.25) is 0 Å². The molecule has 1 fully saturated rings. The fraction of sp³-hybridized carbons (Fsp3) is 0.500. The Labute approximate surface area is 142 Å². The van der Waals surface area contributed by atoms with Crippen molar-refractivity contribution in [1.82, 2.24) is 9.55 Å². The second kappa shape index (κ2) is 5.83. The van der Waals surface area contributed by atoms with Crippen molar-refractivity contribution in [2.75, 3.05) is 0 Å². The van der Waals surface area contributed by atoms with Crippen molar-refractivity contribution in [3.05, 3.63) is 41.9 Å². The topological polar surface area (TPSA) is 38.1 Å². The number of hydrogen-bond acceptors (Lipinski definition) is 2. The zero-order valence-electron chi connectivity index (χ0n) is 13.4. The van der Waals surface area contributed by atoms with Gasteiger partial charge in [-0.2, -0.15) is 0 Å². The zero-order chi connectivity index (χ0) is 17.8. The second-order valence-corrected chi connectivity index (χ2v) is 6.99. The summed E-state index contributed by atoms with van der Waals surface area (Å²) in [5.41, 5.74) is 0.331. The van der Waals surface area contributed by atoms with E-state index in [1.165, 1.54) is 17.1 Å². The number of imidazole rings is 1. The van der Waals surface area contributed by atoms with Gasteiger partial charge < -0.3 is 9.67 Å². The van der Waals surface area contributed by atoms with Crippen LogP contribution in [0.4, 0.5) is 17.6 Å². The number of aliphatic hydroxyl groups excluding tert-OH is 1. The summed E-state index contributed by atoms with van der Waals surface area (Å²) in [6.45, 7) is 0. The molecule has 0 saturated heterocycles. The van der Waals surface area contributed by atoms with Crippen LogP contribution in [0.15, 0.2) is 24.7 Å². The van der Waals surface area contributed by atoms with Crippen LogP contribution in [0.2, 0.25) is 0 Å². The molecule has 1 aliphatic heterocycles. The summed E-state index contributed by atoms with van der Waals surface area (Å²) in [4.78, 5) is 3.91. The lowest BCUT2D eigenvalue weighted by Gasteiger charge is -2.33. The SMILES string of the molecule is O[C@H]1CC[C@@H](C(F)(F)CC2c3c(F)ccc(F)c3-c3cncn32)CC1. The van der Waals surface area contributed by atoms with Crippen LogP contribution in [-0.2, 0) is 0 Å². The molecule has 25 heavy (non-hydrogen) atoms. The van der Waals surface area contributed by atoms with E-state index in [2.05, 4.69) is 4.98 Å². The van der Waals surface area contributed by atoms with Crippen LogP contribution in [0.25, 0.3) is 11.3 Å². The standard InChI is InChI=1S/C18H18F4N2O/c19-12-5-6-13(20)17-15-8-23-9-24(15)14(16(12)17)7-18(21,22)10-1-3-11(25)4-2-10/h5-6,8-11,14,25H,1-4,7H2/t10-,11+,14?. The molecule has 3 nitrogen and oxygen atoms in total. The van der Waals surface area contributed by atoms with Crippen molar-refractivity contribution in [2.24, 2.45) is 5.92 Å². The fourth-order valence-corrected chi connectivity index (χ4v) is 4.16. The van der Waals surface area contributed by atoms with Gasteiger partial charge >= 0.3 is 0 Å². The van der Waals surface area contributed by atoms with Crippen molar-refractivity contribution < 1.29 is 22.7 Å². The van der Waals surface area contributed by atoms with Gasteiger partial charge in [-0.25, -0.2) is 22.5 Å². The van der Waals surface area contributed by atoms with Gasteiger partial charge in [0.2, 0.25) is 0 Å². The van der Waals surface area contributed by atoms with Crippen LogP contribution in [0.5, 0.6) is 0 Å². The predicted octanol–water partition coefficient (Wildman–Crippen LogP) is 4.31. The maximum Gasteiger partial charge on any atom is 0.253 e. The lowest BCUT2D eigenvalue weighted by atomic mass is 9.80. The molecule has 2 aliphatic rings. The molecule has 4 rings (SSSR count). The van der Waals surface area contributed by atoms with Gasteiger partial charge in [0.15, 0.2) is 0 Å². The molecule has 134 valence electrons. The van der Waals surface area contributed by atoms with E-state index in [1.807, 2.05) is 0 Å². The molecule has 0 spiro atoms. The highest BCUT2D eigenvalue weighted by molar-refractivity contribution is 5.70. The van der Waals surface area contributed by atoms with E-state index < -0.39 is 42.0 Å². The van der Waals surface area contributed by atoms with Crippen molar-refractivity contribution in [1.29, 1.82) is 0 Å². The largest absolute Gasteiger partial charge is 0.393 e. The number of aromatic nitrogens is 2. The number of halogens is 4. The average molecular weight is 354 g/mol. The lowest BCUT2D eigenvalue weighted by molar-refractivity contribution is -0.0929. The maximum atomic E-state index is 14.9. The normalized spacial score (nSPS) is 25.7. The summed E-state index contributed by atoms with van der Waals surface area (Å²) in [5, 5.41) is 9.53. The van der Waals surface area contributed by atoms with Crippen LogP contribution >= 0.6 is 0 Å². The predicted molar refractivity (Wildman–Crippen MR) is 83.2 cm³/mol. The minimum absolute atomic E-state index is 0.0204. The van der Waals surface area contributed by atoms with Crippen LogP contribution in [0.1, 0.15) is 43.7 Å². The number of aliphatic hydroxyl groups is 1. The maximum absolute atomic E-state index is 14.9. The van der Waals surface area contributed by atoms with Crippen LogP contribution in [0.3, 0.4) is 0 Å². The third kappa shape index (κ3) is 2.65. The molecule has 0 radical (unpaired) electrons. The van der Waals surface area contributed by atoms with Gasteiger partial charge in [-0.05, 0) is 37.8 Å².